The minimum absolute atomic E-state index is 0.135. The van der Waals surface area contributed by atoms with Gasteiger partial charge in [-0.25, -0.2) is 0 Å². The molecular weight excluding hydrogens is 301 g/mol. The van der Waals surface area contributed by atoms with Crippen molar-refractivity contribution in [3.8, 4) is 11.8 Å². The zero-order valence-corrected chi connectivity index (χ0v) is 11.6. The molecule has 0 saturated carbocycles. The number of nitrogens with zero attached hydrogens (tertiary/aromatic N) is 1. The molecule has 2 heterocycles. The Bertz CT molecular complexity index is 750. The van der Waals surface area contributed by atoms with Gasteiger partial charge in [-0.2, -0.15) is 13.2 Å². The Kier molecular flexibility index (Phi) is 4.50. The lowest BCUT2D eigenvalue weighted by Gasteiger charge is -2.13. The first-order valence-corrected chi connectivity index (χ1v) is 6.83. The number of nitrogens with two attached hydrogens (primary N) is 1. The van der Waals surface area contributed by atoms with E-state index in [1.54, 1.807) is 11.4 Å². The topological polar surface area (TPSA) is 48.0 Å². The Hall–Kier alpha value is -2.04. The van der Waals surface area contributed by atoms with Crippen LogP contribution in [0.4, 0.5) is 13.2 Å². The van der Waals surface area contributed by atoms with E-state index in [9.17, 15) is 18.0 Å². The first-order valence-electron chi connectivity index (χ1n) is 5.95. The van der Waals surface area contributed by atoms with Crippen LogP contribution in [0.15, 0.2) is 34.4 Å². The molecule has 0 atom stereocenters. The predicted molar refractivity (Wildman–Crippen MR) is 75.1 cm³/mol. The fourth-order valence-corrected chi connectivity index (χ4v) is 2.57. The van der Waals surface area contributed by atoms with Crippen LogP contribution in [0, 0.1) is 11.8 Å². The van der Waals surface area contributed by atoms with Gasteiger partial charge in [-0.1, -0.05) is 17.9 Å². The lowest BCUT2D eigenvalue weighted by Crippen LogP contribution is -2.27. The van der Waals surface area contributed by atoms with Gasteiger partial charge in [-0.05, 0) is 12.1 Å². The first-order chi connectivity index (χ1) is 9.91. The molecule has 2 aromatic rings. The van der Waals surface area contributed by atoms with Gasteiger partial charge in [0, 0.05) is 21.9 Å². The molecule has 21 heavy (non-hydrogen) atoms. The van der Waals surface area contributed by atoms with Gasteiger partial charge < -0.3 is 5.73 Å². The monoisotopic (exact) mass is 312 g/mol. The van der Waals surface area contributed by atoms with Crippen molar-refractivity contribution in [3.63, 3.8) is 0 Å². The highest BCUT2D eigenvalue weighted by Crippen LogP contribution is 2.29. The summed E-state index contributed by atoms with van der Waals surface area (Å²) < 4.78 is 39.4. The zero-order valence-electron chi connectivity index (χ0n) is 10.8. The van der Waals surface area contributed by atoms with E-state index in [4.69, 9.17) is 5.73 Å². The third-order valence-electron chi connectivity index (χ3n) is 2.64. The first kappa shape index (κ1) is 15.4. The van der Waals surface area contributed by atoms with Gasteiger partial charge in [0.2, 0.25) is 0 Å². The summed E-state index contributed by atoms with van der Waals surface area (Å²) in [4.78, 5) is 12.3. The highest BCUT2D eigenvalue weighted by Gasteiger charge is 2.34. The maximum absolute atomic E-state index is 12.9. The third-order valence-corrected chi connectivity index (χ3v) is 3.56. The van der Waals surface area contributed by atoms with Crippen molar-refractivity contribution in [1.29, 1.82) is 0 Å². The number of alkyl halides is 3. The van der Waals surface area contributed by atoms with Gasteiger partial charge in [0.15, 0.2) is 0 Å². The molecule has 0 unspecified atom stereocenters. The molecule has 0 spiro atoms. The number of rotatable bonds is 2. The Labute approximate surface area is 122 Å². The summed E-state index contributed by atoms with van der Waals surface area (Å²) in [5.41, 5.74) is 4.28. The Morgan fingerprint density at radius 1 is 1.33 bits per heavy atom. The molecular formula is C14H11F3N2OS. The quantitative estimate of drug-likeness (QED) is 0.865. The highest BCUT2D eigenvalue weighted by molar-refractivity contribution is 7.10. The summed E-state index contributed by atoms with van der Waals surface area (Å²) in [7, 11) is 0. The molecule has 0 aliphatic heterocycles. The predicted octanol–water partition coefficient (Wildman–Crippen LogP) is 2.29. The van der Waals surface area contributed by atoms with Gasteiger partial charge in [0.25, 0.3) is 5.56 Å². The fourth-order valence-electron chi connectivity index (χ4n) is 1.77. The summed E-state index contributed by atoms with van der Waals surface area (Å²) in [5, 5.41) is 1.72. The summed E-state index contributed by atoms with van der Waals surface area (Å²) in [6.07, 6.45) is -4.57. The van der Waals surface area contributed by atoms with Crippen LogP contribution < -0.4 is 11.3 Å². The van der Waals surface area contributed by atoms with E-state index >= 15 is 0 Å². The van der Waals surface area contributed by atoms with Crippen LogP contribution >= 0.6 is 11.3 Å². The van der Waals surface area contributed by atoms with E-state index in [0.29, 0.717) is 15.0 Å². The third kappa shape index (κ3) is 3.74. The van der Waals surface area contributed by atoms with Crippen LogP contribution in [-0.2, 0) is 12.7 Å². The lowest BCUT2D eigenvalue weighted by molar-refractivity contribution is -0.144. The SMILES string of the molecule is NCC#Cc1csc(Cn2c(C(F)(F)F)cccc2=O)c1. The Morgan fingerprint density at radius 3 is 2.76 bits per heavy atom. The standard InChI is InChI=1S/C14H11F3N2OS/c15-14(16,17)12-4-1-5-13(20)19(12)8-11-7-10(9-21-11)3-2-6-18/h1,4-5,7,9H,6,8,18H2. The zero-order chi connectivity index (χ0) is 15.5. The van der Waals surface area contributed by atoms with Gasteiger partial charge in [0.05, 0.1) is 13.1 Å². The van der Waals surface area contributed by atoms with Crippen molar-refractivity contribution < 1.29 is 13.2 Å². The second-order valence-electron chi connectivity index (χ2n) is 4.14. The van der Waals surface area contributed by atoms with E-state index in [-0.39, 0.29) is 13.1 Å². The van der Waals surface area contributed by atoms with Gasteiger partial charge in [-0.15, -0.1) is 11.3 Å². The molecule has 0 aromatic carbocycles. The fraction of sp³-hybridized carbons (Fsp3) is 0.214. The number of hydrogen-bond donors (Lipinski definition) is 1. The molecule has 2 aromatic heterocycles. The molecule has 0 bridgehead atoms. The average molecular weight is 312 g/mol. The number of halogens is 3. The Morgan fingerprint density at radius 2 is 2.10 bits per heavy atom. The minimum Gasteiger partial charge on any atom is -0.320 e. The second kappa shape index (κ2) is 6.16. The van der Waals surface area contributed by atoms with E-state index in [2.05, 4.69) is 11.8 Å². The van der Waals surface area contributed by atoms with E-state index in [1.165, 1.54) is 11.3 Å². The van der Waals surface area contributed by atoms with Crippen molar-refractivity contribution in [3.05, 3.63) is 56.1 Å². The van der Waals surface area contributed by atoms with Crippen molar-refractivity contribution in [2.24, 2.45) is 5.73 Å². The Balaban J connectivity index is 2.36. The maximum Gasteiger partial charge on any atom is 0.431 e. The van der Waals surface area contributed by atoms with Crippen molar-refractivity contribution in [2.75, 3.05) is 6.54 Å². The van der Waals surface area contributed by atoms with Crippen LogP contribution in [0.2, 0.25) is 0 Å². The van der Waals surface area contributed by atoms with Crippen LogP contribution in [0.25, 0.3) is 0 Å². The van der Waals surface area contributed by atoms with E-state index < -0.39 is 17.4 Å². The molecule has 0 radical (unpaired) electrons. The summed E-state index contributed by atoms with van der Waals surface area (Å²) in [6, 6.07) is 4.77. The number of aromatic nitrogens is 1. The van der Waals surface area contributed by atoms with Crippen molar-refractivity contribution in [2.45, 2.75) is 12.7 Å². The van der Waals surface area contributed by atoms with Crippen LogP contribution in [-0.4, -0.2) is 11.1 Å². The highest BCUT2D eigenvalue weighted by atomic mass is 32.1. The smallest absolute Gasteiger partial charge is 0.320 e. The van der Waals surface area contributed by atoms with E-state index in [1.807, 2.05) is 0 Å². The lowest BCUT2D eigenvalue weighted by atomic mass is 10.3. The van der Waals surface area contributed by atoms with Gasteiger partial charge in [-0.3, -0.25) is 9.36 Å². The summed E-state index contributed by atoms with van der Waals surface area (Å²) >= 11 is 1.25. The molecule has 0 aliphatic carbocycles. The summed E-state index contributed by atoms with van der Waals surface area (Å²) in [5.74, 6) is 5.46. The number of pyridine rings is 1. The van der Waals surface area contributed by atoms with E-state index in [0.717, 1.165) is 18.2 Å². The van der Waals surface area contributed by atoms with Gasteiger partial charge >= 0.3 is 6.18 Å². The molecule has 0 saturated heterocycles. The van der Waals surface area contributed by atoms with Crippen LogP contribution in [0.1, 0.15) is 16.1 Å². The molecule has 0 amide bonds. The molecule has 0 fully saturated rings. The van der Waals surface area contributed by atoms with Crippen LogP contribution in [0.5, 0.6) is 0 Å². The molecule has 7 heteroatoms. The second-order valence-corrected chi connectivity index (χ2v) is 5.14. The largest absolute Gasteiger partial charge is 0.431 e. The number of thiophene rings is 1. The van der Waals surface area contributed by atoms with Crippen LogP contribution in [0.3, 0.4) is 0 Å². The van der Waals surface area contributed by atoms with Crippen molar-refractivity contribution in [1.82, 2.24) is 4.57 Å². The molecule has 110 valence electrons. The molecule has 2 N–H and O–H groups in total. The maximum atomic E-state index is 12.9. The number of hydrogen-bond acceptors (Lipinski definition) is 3. The van der Waals surface area contributed by atoms with Gasteiger partial charge in [0.1, 0.15) is 5.69 Å². The molecule has 0 aliphatic rings. The average Bonchev–Trinajstić information content (AvgIpc) is 2.85. The summed E-state index contributed by atoms with van der Waals surface area (Å²) in [6.45, 7) is 0.0744. The normalized spacial score (nSPS) is 11.0. The van der Waals surface area contributed by atoms with Crippen molar-refractivity contribution >= 4 is 11.3 Å². The molecule has 2 rings (SSSR count). The minimum atomic E-state index is -4.57. The molecule has 3 nitrogen and oxygen atoms in total.